The van der Waals surface area contributed by atoms with E-state index in [9.17, 15) is 35.2 Å². The lowest BCUT2D eigenvalue weighted by Gasteiger charge is -2.32. The highest BCUT2D eigenvalue weighted by atomic mass is 32.2. The van der Waals surface area contributed by atoms with Gasteiger partial charge in [-0.1, -0.05) is 48.5 Å². The number of sulfonamides is 1. The second-order valence-electron chi connectivity index (χ2n) is 11.1. The van der Waals surface area contributed by atoms with Gasteiger partial charge in [-0.2, -0.15) is 13.2 Å². The molecule has 7 nitrogen and oxygen atoms in total. The first-order valence-electron chi connectivity index (χ1n) is 14.2. The molecule has 0 radical (unpaired) electrons. The summed E-state index contributed by atoms with van der Waals surface area (Å²) in [4.78, 5) is 14.7. The smallest absolute Gasteiger partial charge is 0.416 e. The molecule has 3 aromatic carbocycles. The molecule has 0 saturated carbocycles. The van der Waals surface area contributed by atoms with Crippen LogP contribution in [0.1, 0.15) is 60.0 Å². The number of carbonyl (C=O) groups excluding carboxylic acids is 1. The Kier molecular flexibility index (Phi) is 9.28. The number of fused-ring (bicyclic) bond motifs is 1. The minimum absolute atomic E-state index is 0.178. The Morgan fingerprint density at radius 1 is 1.00 bits per heavy atom. The Hall–Kier alpha value is -3.55. The number of carbonyl (C=O) groups is 1. The molecular weight excluding hydrogens is 605 g/mol. The summed E-state index contributed by atoms with van der Waals surface area (Å²) >= 11 is 0. The minimum Gasteiger partial charge on any atom is -0.493 e. The molecule has 2 aliphatic heterocycles. The molecule has 1 amide bonds. The van der Waals surface area contributed by atoms with Crippen LogP contribution in [0.2, 0.25) is 0 Å². The molecule has 1 saturated heterocycles. The third-order valence-corrected chi connectivity index (χ3v) is 9.28. The normalized spacial score (nSPS) is 19.4. The standard InChI is InChI=1S/C31H32F5N3O4S/c32-30(33)12-14-39(15-13-30)20-21-9-10-25-26(11-16-43-28(25)17-21)37-29(40)19-27(22-5-2-1-3-6-22)38-44(41,42)24-8-4-7-23(18-24)31(34,35)36/h1-10,17-18,26-27,38H,11-16,19-20H2,(H,37,40)/t26-,27?/m1/s1. The van der Waals surface area contributed by atoms with Crippen molar-refractivity contribution in [2.45, 2.75) is 61.3 Å². The number of nitrogens with one attached hydrogen (secondary N) is 2. The summed E-state index contributed by atoms with van der Waals surface area (Å²) in [5.74, 6) is -2.52. The predicted molar refractivity (Wildman–Crippen MR) is 152 cm³/mol. The van der Waals surface area contributed by atoms with E-state index in [2.05, 4.69) is 10.0 Å². The average Bonchev–Trinajstić information content (AvgIpc) is 2.98. The van der Waals surface area contributed by atoms with Crippen LogP contribution in [-0.2, 0) is 27.5 Å². The highest BCUT2D eigenvalue weighted by molar-refractivity contribution is 7.89. The number of alkyl halides is 5. The topological polar surface area (TPSA) is 87.7 Å². The number of hydrogen-bond acceptors (Lipinski definition) is 5. The number of hydrogen-bond donors (Lipinski definition) is 2. The van der Waals surface area contributed by atoms with Crippen LogP contribution in [0.15, 0.2) is 77.7 Å². The van der Waals surface area contributed by atoms with E-state index < -0.39 is 50.6 Å². The number of amides is 1. The van der Waals surface area contributed by atoms with Crippen LogP contribution < -0.4 is 14.8 Å². The van der Waals surface area contributed by atoms with Gasteiger partial charge in [0, 0.05) is 50.9 Å². The molecule has 1 fully saturated rings. The fourth-order valence-corrected chi connectivity index (χ4v) is 6.70. The fraction of sp³-hybridized carbons (Fsp3) is 0.387. The van der Waals surface area contributed by atoms with Crippen molar-refractivity contribution in [3.05, 3.63) is 95.1 Å². The van der Waals surface area contributed by atoms with Crippen molar-refractivity contribution in [1.82, 2.24) is 14.9 Å². The predicted octanol–water partition coefficient (Wildman–Crippen LogP) is 5.99. The van der Waals surface area contributed by atoms with Crippen LogP contribution in [0, 0.1) is 0 Å². The van der Waals surface area contributed by atoms with Gasteiger partial charge >= 0.3 is 6.18 Å². The Morgan fingerprint density at radius 2 is 1.73 bits per heavy atom. The lowest BCUT2D eigenvalue weighted by molar-refractivity contribution is -0.137. The molecule has 2 atom stereocenters. The SMILES string of the molecule is O=C(CC(NS(=O)(=O)c1cccc(C(F)(F)F)c1)c1ccccc1)N[C@@H]1CCOc2cc(CN3CCC(F)(F)CC3)ccc21. The zero-order chi connectivity index (χ0) is 31.5. The van der Waals surface area contributed by atoms with Gasteiger partial charge < -0.3 is 10.1 Å². The Labute approximate surface area is 252 Å². The summed E-state index contributed by atoms with van der Waals surface area (Å²) in [5.41, 5.74) is 0.993. The molecule has 0 aliphatic carbocycles. The maximum atomic E-state index is 13.5. The van der Waals surface area contributed by atoms with Gasteiger partial charge in [-0.25, -0.2) is 21.9 Å². The molecule has 3 aromatic rings. The zero-order valence-corrected chi connectivity index (χ0v) is 24.4. The van der Waals surface area contributed by atoms with Crippen LogP contribution in [-0.4, -0.2) is 44.8 Å². The average molecular weight is 638 g/mol. The van der Waals surface area contributed by atoms with Crippen LogP contribution in [0.4, 0.5) is 22.0 Å². The minimum atomic E-state index is -4.73. The molecule has 5 rings (SSSR count). The summed E-state index contributed by atoms with van der Waals surface area (Å²) in [6.07, 6.45) is -4.93. The number of benzene rings is 3. The maximum Gasteiger partial charge on any atom is 0.416 e. The van der Waals surface area contributed by atoms with Crippen molar-refractivity contribution in [3.8, 4) is 5.75 Å². The van der Waals surface area contributed by atoms with Crippen LogP contribution in [0.3, 0.4) is 0 Å². The fourth-order valence-electron chi connectivity index (χ4n) is 5.43. The molecule has 0 spiro atoms. The van der Waals surface area contributed by atoms with Crippen molar-refractivity contribution in [3.63, 3.8) is 0 Å². The summed E-state index contributed by atoms with van der Waals surface area (Å²) in [7, 11) is -4.44. The van der Waals surface area contributed by atoms with Gasteiger partial charge in [0.15, 0.2) is 0 Å². The van der Waals surface area contributed by atoms with Crippen molar-refractivity contribution >= 4 is 15.9 Å². The summed E-state index contributed by atoms with van der Waals surface area (Å²) in [5, 5.41) is 2.94. The molecule has 2 heterocycles. The van der Waals surface area contributed by atoms with E-state index in [1.165, 1.54) is 0 Å². The van der Waals surface area contributed by atoms with Crippen LogP contribution in [0.25, 0.3) is 0 Å². The van der Waals surface area contributed by atoms with E-state index >= 15 is 0 Å². The zero-order valence-electron chi connectivity index (χ0n) is 23.6. The maximum absolute atomic E-state index is 13.5. The Morgan fingerprint density at radius 3 is 2.43 bits per heavy atom. The second kappa shape index (κ2) is 12.8. The van der Waals surface area contributed by atoms with E-state index in [-0.39, 0.29) is 19.3 Å². The van der Waals surface area contributed by atoms with Gasteiger partial charge in [0.05, 0.1) is 29.1 Å². The first kappa shape index (κ1) is 31.9. The lowest BCUT2D eigenvalue weighted by atomic mass is 9.97. The number of piperidine rings is 1. The number of halogens is 5. The number of nitrogens with zero attached hydrogens (tertiary/aromatic N) is 1. The molecule has 13 heteroatoms. The van der Waals surface area contributed by atoms with E-state index in [1.54, 1.807) is 30.3 Å². The van der Waals surface area contributed by atoms with Gasteiger partial charge in [-0.15, -0.1) is 0 Å². The lowest BCUT2D eigenvalue weighted by Crippen LogP contribution is -2.39. The van der Waals surface area contributed by atoms with E-state index in [4.69, 9.17) is 4.74 Å². The molecule has 0 bridgehead atoms. The number of rotatable bonds is 9. The van der Waals surface area contributed by atoms with E-state index in [0.29, 0.717) is 50.0 Å². The molecule has 44 heavy (non-hydrogen) atoms. The summed E-state index contributed by atoms with van der Waals surface area (Å²) in [6, 6.07) is 15.8. The van der Waals surface area contributed by atoms with E-state index in [0.717, 1.165) is 29.3 Å². The summed E-state index contributed by atoms with van der Waals surface area (Å²) in [6.45, 7) is 1.41. The number of likely N-dealkylation sites (tertiary alicyclic amines) is 1. The quantitative estimate of drug-likeness (QED) is 0.282. The molecular formula is C31H32F5N3O4S. The Bertz CT molecular complexity index is 1570. The van der Waals surface area contributed by atoms with Crippen molar-refractivity contribution in [2.75, 3.05) is 19.7 Å². The molecule has 236 valence electrons. The molecule has 1 unspecified atom stereocenters. The van der Waals surface area contributed by atoms with E-state index in [1.807, 2.05) is 23.1 Å². The van der Waals surface area contributed by atoms with Gasteiger partial charge in [0.2, 0.25) is 15.9 Å². The van der Waals surface area contributed by atoms with Gasteiger partial charge in [0.1, 0.15) is 5.75 Å². The third-order valence-electron chi connectivity index (χ3n) is 7.81. The highest BCUT2D eigenvalue weighted by Crippen LogP contribution is 2.35. The van der Waals surface area contributed by atoms with Crippen LogP contribution >= 0.6 is 0 Å². The highest BCUT2D eigenvalue weighted by Gasteiger charge is 2.35. The molecule has 2 N–H and O–H groups in total. The molecule has 2 aliphatic rings. The monoisotopic (exact) mass is 637 g/mol. The van der Waals surface area contributed by atoms with Gasteiger partial charge in [-0.05, 0) is 35.4 Å². The van der Waals surface area contributed by atoms with Crippen molar-refractivity contribution in [1.29, 1.82) is 0 Å². The Balaban J connectivity index is 1.28. The summed E-state index contributed by atoms with van der Waals surface area (Å²) < 4.78 is 101. The van der Waals surface area contributed by atoms with Crippen LogP contribution in [0.5, 0.6) is 5.75 Å². The largest absolute Gasteiger partial charge is 0.493 e. The third kappa shape index (κ3) is 7.93. The second-order valence-corrected chi connectivity index (χ2v) is 12.8. The number of ether oxygens (including phenoxy) is 1. The molecule has 0 aromatic heterocycles. The van der Waals surface area contributed by atoms with Gasteiger partial charge in [-0.3, -0.25) is 9.69 Å². The van der Waals surface area contributed by atoms with Crippen molar-refractivity contribution < 1.29 is 39.9 Å². The van der Waals surface area contributed by atoms with Gasteiger partial charge in [0.25, 0.3) is 5.92 Å². The first-order chi connectivity index (χ1) is 20.8. The van der Waals surface area contributed by atoms with Crippen molar-refractivity contribution in [2.24, 2.45) is 0 Å². The first-order valence-corrected chi connectivity index (χ1v) is 15.7.